The van der Waals surface area contributed by atoms with E-state index >= 15 is 0 Å². The lowest BCUT2D eigenvalue weighted by molar-refractivity contribution is -0.149. The van der Waals surface area contributed by atoms with Gasteiger partial charge in [0.1, 0.15) is 0 Å². The van der Waals surface area contributed by atoms with Gasteiger partial charge in [-0.15, -0.1) is 0 Å². The first-order valence-corrected chi connectivity index (χ1v) is 21.1. The number of carbonyl (C=O) groups excluding carboxylic acids is 1. The molecule has 0 unspecified atom stereocenters. The first-order chi connectivity index (χ1) is 21.6. The summed E-state index contributed by atoms with van der Waals surface area (Å²) in [5, 5.41) is 16.6. The quantitative estimate of drug-likeness (QED) is 0.182. The third-order valence-electron chi connectivity index (χ3n) is 11.0. The summed E-state index contributed by atoms with van der Waals surface area (Å²) >= 11 is 0. The Labute approximate surface area is 294 Å². The summed E-state index contributed by atoms with van der Waals surface area (Å²) in [6.45, 7) is 8.96. The van der Waals surface area contributed by atoms with Gasteiger partial charge in [-0.05, 0) is 126 Å². The Bertz CT molecular complexity index is 779. The van der Waals surface area contributed by atoms with Crippen molar-refractivity contribution in [3.8, 4) is 0 Å². The van der Waals surface area contributed by atoms with Crippen molar-refractivity contribution in [2.24, 2.45) is 47.3 Å². The SMILES string of the molecule is C.CCCC1CCC(C2CCC(C(=O)O)CC2)CC1.CCCC1CCC(C2CCC(C(=O)OCC)CC2)CC1.CCO.O=S(Cl)Cl. The minimum atomic E-state index is -1.67. The van der Waals surface area contributed by atoms with Crippen LogP contribution in [0.4, 0.5) is 0 Å². The van der Waals surface area contributed by atoms with E-state index in [9.17, 15) is 9.59 Å². The van der Waals surface area contributed by atoms with E-state index < -0.39 is 15.2 Å². The molecule has 0 amide bonds. The van der Waals surface area contributed by atoms with Crippen LogP contribution in [0.15, 0.2) is 0 Å². The molecule has 46 heavy (non-hydrogen) atoms. The molecule has 4 fully saturated rings. The van der Waals surface area contributed by atoms with E-state index in [-0.39, 0.29) is 31.8 Å². The van der Waals surface area contributed by atoms with Gasteiger partial charge in [-0.1, -0.05) is 72.6 Å². The summed E-state index contributed by atoms with van der Waals surface area (Å²) in [4.78, 5) is 22.7. The highest BCUT2D eigenvalue weighted by Crippen LogP contribution is 2.43. The van der Waals surface area contributed by atoms with E-state index in [4.69, 9.17) is 19.2 Å². The third kappa shape index (κ3) is 19.0. The highest BCUT2D eigenvalue weighted by atomic mass is 36.0. The highest BCUT2D eigenvalue weighted by Gasteiger charge is 2.34. The number of carbonyl (C=O) groups is 2. The molecule has 0 radical (unpaired) electrons. The smallest absolute Gasteiger partial charge is 0.308 e. The molecule has 0 atom stereocenters. The number of ether oxygens (including phenoxy) is 1. The van der Waals surface area contributed by atoms with Crippen LogP contribution in [-0.2, 0) is 23.6 Å². The van der Waals surface area contributed by atoms with Gasteiger partial charge in [-0.2, -0.15) is 0 Å². The first-order valence-electron chi connectivity index (χ1n) is 18.3. The van der Waals surface area contributed by atoms with Crippen molar-refractivity contribution in [3.63, 3.8) is 0 Å². The number of carboxylic acid groups (broad SMARTS) is 1. The summed E-state index contributed by atoms with van der Waals surface area (Å²) in [6.07, 6.45) is 25.8. The molecule has 0 aliphatic heterocycles. The van der Waals surface area contributed by atoms with Crippen LogP contribution in [0.3, 0.4) is 0 Å². The standard InChI is InChI=1S/C18H32O2.C16H28O2.C2H6O.CH4.Cl2OS/c1-3-5-14-6-8-15(9-7-14)16-10-12-17(13-11-16)18(19)20-4-2;1-2-3-12-4-6-13(7-5-12)14-8-10-15(11-9-14)16(17)18;1-2-3;;1-4(2)3/h14-17H,3-13H2,1-2H3;12-15H,2-11H2,1H3,(H,17,18);3H,2H2,1H3;1H4;. The normalized spacial score (nSPS) is 30.9. The van der Waals surface area contributed by atoms with E-state index in [0.717, 1.165) is 61.2 Å². The van der Waals surface area contributed by atoms with Gasteiger partial charge >= 0.3 is 11.9 Å². The minimum absolute atomic E-state index is 0. The average molecular weight is 714 g/mol. The van der Waals surface area contributed by atoms with E-state index in [1.54, 1.807) is 6.92 Å². The maximum Gasteiger partial charge on any atom is 0.308 e. The molecule has 4 rings (SSSR count). The molecule has 4 aliphatic rings. The number of esters is 1. The van der Waals surface area contributed by atoms with Crippen molar-refractivity contribution in [1.29, 1.82) is 0 Å². The molecule has 0 aromatic heterocycles. The fourth-order valence-electron chi connectivity index (χ4n) is 8.64. The van der Waals surface area contributed by atoms with Crippen LogP contribution < -0.4 is 0 Å². The van der Waals surface area contributed by atoms with Crippen molar-refractivity contribution < 1.29 is 28.7 Å². The summed E-state index contributed by atoms with van der Waals surface area (Å²) in [7, 11) is 7.36. The van der Waals surface area contributed by atoms with Gasteiger partial charge in [0.25, 0.3) is 0 Å². The zero-order valence-corrected chi connectivity index (χ0v) is 31.2. The van der Waals surface area contributed by atoms with Gasteiger partial charge in [-0.3, -0.25) is 9.59 Å². The lowest BCUT2D eigenvalue weighted by Crippen LogP contribution is -2.29. The monoisotopic (exact) mass is 712 g/mol. The molecule has 0 aromatic rings. The van der Waals surface area contributed by atoms with Gasteiger partial charge in [0.05, 0.1) is 18.4 Å². The molecular formula is C37H70Cl2O6S. The maximum absolute atomic E-state index is 11.8. The number of aliphatic hydroxyl groups excluding tert-OH is 1. The third-order valence-corrected chi connectivity index (χ3v) is 11.0. The van der Waals surface area contributed by atoms with Crippen LogP contribution in [0, 0.1) is 47.3 Å². The minimum Gasteiger partial charge on any atom is -0.481 e. The Morgan fingerprint density at radius 1 is 0.630 bits per heavy atom. The number of hydrogen-bond acceptors (Lipinski definition) is 5. The lowest BCUT2D eigenvalue weighted by atomic mass is 9.69. The topological polar surface area (TPSA) is 101 Å². The Morgan fingerprint density at radius 3 is 1.17 bits per heavy atom. The Morgan fingerprint density at radius 2 is 0.913 bits per heavy atom. The highest BCUT2D eigenvalue weighted by molar-refractivity contribution is 8.26. The maximum atomic E-state index is 11.8. The predicted octanol–water partition coefficient (Wildman–Crippen LogP) is 11.1. The molecule has 6 nitrogen and oxygen atoms in total. The molecule has 274 valence electrons. The average Bonchev–Trinajstić information content (AvgIpc) is 3.03. The van der Waals surface area contributed by atoms with Gasteiger partial charge in [-0.25, -0.2) is 4.21 Å². The van der Waals surface area contributed by atoms with Crippen molar-refractivity contribution in [1.82, 2.24) is 0 Å². The van der Waals surface area contributed by atoms with Crippen LogP contribution in [0.5, 0.6) is 0 Å². The number of aliphatic carboxylic acids is 1. The largest absolute Gasteiger partial charge is 0.481 e. The number of rotatable bonds is 9. The predicted molar refractivity (Wildman–Crippen MR) is 195 cm³/mol. The van der Waals surface area contributed by atoms with Gasteiger partial charge in [0.15, 0.2) is 0 Å². The Hall–Kier alpha value is -0.370. The van der Waals surface area contributed by atoms with Crippen LogP contribution >= 0.6 is 21.4 Å². The molecule has 0 aromatic carbocycles. The number of hydrogen-bond donors (Lipinski definition) is 2. The number of halogens is 2. The van der Waals surface area contributed by atoms with Crippen molar-refractivity contribution in [2.75, 3.05) is 13.2 Å². The molecule has 9 heteroatoms. The van der Waals surface area contributed by atoms with Gasteiger partial charge in [0, 0.05) is 28.0 Å². The molecule has 0 heterocycles. The van der Waals surface area contributed by atoms with Crippen molar-refractivity contribution in [3.05, 3.63) is 0 Å². The molecule has 4 aliphatic carbocycles. The molecular weight excluding hydrogens is 643 g/mol. The van der Waals surface area contributed by atoms with Crippen LogP contribution in [0.25, 0.3) is 0 Å². The van der Waals surface area contributed by atoms with Crippen LogP contribution in [-0.4, -0.2) is 39.6 Å². The van der Waals surface area contributed by atoms with Gasteiger partial charge in [0.2, 0.25) is 9.23 Å². The summed E-state index contributed by atoms with van der Waals surface area (Å²) in [5.74, 6) is 5.22. The molecule has 0 saturated heterocycles. The fourth-order valence-corrected chi connectivity index (χ4v) is 8.64. The first kappa shape index (κ1) is 45.6. The lowest BCUT2D eigenvalue weighted by Gasteiger charge is -2.37. The number of aliphatic hydroxyl groups is 1. The van der Waals surface area contributed by atoms with Crippen LogP contribution in [0.2, 0.25) is 0 Å². The summed E-state index contributed by atoms with van der Waals surface area (Å²) in [5.41, 5.74) is 0. The zero-order chi connectivity index (χ0) is 33.6. The second-order valence-electron chi connectivity index (χ2n) is 14.0. The number of carboxylic acids is 1. The second kappa shape index (κ2) is 27.5. The summed E-state index contributed by atoms with van der Waals surface area (Å²) < 4.78 is 14.3. The summed E-state index contributed by atoms with van der Waals surface area (Å²) in [6, 6.07) is 0. The van der Waals surface area contributed by atoms with Gasteiger partial charge < -0.3 is 14.9 Å². The molecule has 2 N–H and O–H groups in total. The fraction of sp³-hybridized carbons (Fsp3) is 0.946. The van der Waals surface area contributed by atoms with E-state index in [1.165, 1.54) is 103 Å². The molecule has 0 spiro atoms. The zero-order valence-electron chi connectivity index (χ0n) is 28.9. The van der Waals surface area contributed by atoms with E-state index in [1.807, 2.05) is 6.92 Å². The van der Waals surface area contributed by atoms with Crippen molar-refractivity contribution >= 4 is 42.5 Å². The van der Waals surface area contributed by atoms with Crippen LogP contribution in [0.1, 0.15) is 164 Å². The second-order valence-corrected chi connectivity index (χ2v) is 16.5. The van der Waals surface area contributed by atoms with E-state index in [0.29, 0.717) is 6.61 Å². The van der Waals surface area contributed by atoms with E-state index in [2.05, 4.69) is 35.2 Å². The molecule has 4 saturated carbocycles. The Balaban J connectivity index is 0.000000722. The Kier molecular flexibility index (Phi) is 27.2. The molecule has 0 bridgehead atoms. The van der Waals surface area contributed by atoms with Crippen molar-refractivity contribution in [2.45, 2.75) is 164 Å².